The van der Waals surface area contributed by atoms with Crippen LogP contribution in [-0.4, -0.2) is 43.8 Å². The lowest BCUT2D eigenvalue weighted by atomic mass is 10.3. The number of ether oxygens (including phenoxy) is 2. The van der Waals surface area contributed by atoms with Gasteiger partial charge in [-0.05, 0) is 12.5 Å². The van der Waals surface area contributed by atoms with Crippen LogP contribution in [0.5, 0.6) is 0 Å². The van der Waals surface area contributed by atoms with Gasteiger partial charge >= 0.3 is 0 Å². The third kappa shape index (κ3) is 2.77. The molecule has 21 heavy (non-hydrogen) atoms. The standard InChI is InChI=1S/C12H16N2O6S/c1-3-9-8-20-12(19-2)13(9)21(17,18)11-7-5-4-6-10(11)14(15)16/h4-7,9,12H,3,8H2,1-2H3/t9-,12+/m1/s1. The predicted molar refractivity (Wildman–Crippen MR) is 72.9 cm³/mol. The van der Waals surface area contributed by atoms with Gasteiger partial charge in [0.05, 0.1) is 17.6 Å². The number of benzene rings is 1. The Morgan fingerprint density at radius 1 is 1.48 bits per heavy atom. The molecule has 2 rings (SSSR count). The summed E-state index contributed by atoms with van der Waals surface area (Å²) in [6.07, 6.45) is -0.556. The first-order valence-electron chi connectivity index (χ1n) is 6.34. The van der Waals surface area contributed by atoms with Crippen molar-refractivity contribution < 1.29 is 22.8 Å². The zero-order chi connectivity index (χ0) is 15.6. The van der Waals surface area contributed by atoms with Crippen LogP contribution in [0.3, 0.4) is 0 Å². The Morgan fingerprint density at radius 3 is 2.71 bits per heavy atom. The van der Waals surface area contributed by atoms with E-state index in [9.17, 15) is 18.5 Å². The van der Waals surface area contributed by atoms with Crippen LogP contribution in [-0.2, 0) is 19.5 Å². The largest absolute Gasteiger partial charge is 0.342 e. The molecule has 0 aromatic heterocycles. The van der Waals surface area contributed by atoms with Crippen LogP contribution in [0.2, 0.25) is 0 Å². The van der Waals surface area contributed by atoms with Gasteiger partial charge in [-0.2, -0.15) is 0 Å². The summed E-state index contributed by atoms with van der Waals surface area (Å²) in [6.45, 7) is 2.00. The summed E-state index contributed by atoms with van der Waals surface area (Å²) < 4.78 is 36.9. The van der Waals surface area contributed by atoms with E-state index in [-0.39, 0.29) is 11.5 Å². The second kappa shape index (κ2) is 6.06. The smallest absolute Gasteiger partial charge is 0.289 e. The molecule has 1 aromatic rings. The molecule has 1 aromatic carbocycles. The molecule has 1 fully saturated rings. The predicted octanol–water partition coefficient (Wildman–Crippen LogP) is 1.32. The van der Waals surface area contributed by atoms with Gasteiger partial charge in [0.1, 0.15) is 0 Å². The number of methoxy groups -OCH3 is 1. The van der Waals surface area contributed by atoms with Crippen LogP contribution in [0.1, 0.15) is 13.3 Å². The molecule has 1 aliphatic rings. The minimum atomic E-state index is -4.10. The number of sulfonamides is 1. The van der Waals surface area contributed by atoms with E-state index in [4.69, 9.17) is 9.47 Å². The van der Waals surface area contributed by atoms with Crippen molar-refractivity contribution in [3.63, 3.8) is 0 Å². The lowest BCUT2D eigenvalue weighted by Crippen LogP contribution is -2.42. The zero-order valence-corrected chi connectivity index (χ0v) is 12.4. The van der Waals surface area contributed by atoms with Crippen LogP contribution in [0.25, 0.3) is 0 Å². The van der Waals surface area contributed by atoms with Gasteiger partial charge in [-0.1, -0.05) is 19.1 Å². The number of hydrogen-bond donors (Lipinski definition) is 0. The van der Waals surface area contributed by atoms with Gasteiger partial charge in [-0.25, -0.2) is 8.42 Å². The molecule has 0 spiro atoms. The number of hydrogen-bond acceptors (Lipinski definition) is 6. The number of para-hydroxylation sites is 1. The normalized spacial score (nSPS) is 23.3. The maximum Gasteiger partial charge on any atom is 0.289 e. The van der Waals surface area contributed by atoms with E-state index >= 15 is 0 Å². The first kappa shape index (κ1) is 15.8. The van der Waals surface area contributed by atoms with Gasteiger partial charge in [0, 0.05) is 13.2 Å². The molecule has 1 heterocycles. The third-order valence-electron chi connectivity index (χ3n) is 3.29. The molecule has 0 radical (unpaired) electrons. The highest BCUT2D eigenvalue weighted by Gasteiger charge is 2.45. The van der Waals surface area contributed by atoms with Crippen molar-refractivity contribution in [1.29, 1.82) is 0 Å². The fourth-order valence-corrected chi connectivity index (χ4v) is 4.09. The van der Waals surface area contributed by atoms with Gasteiger partial charge in [0.15, 0.2) is 4.90 Å². The van der Waals surface area contributed by atoms with Gasteiger partial charge < -0.3 is 9.47 Å². The molecular weight excluding hydrogens is 300 g/mol. The molecule has 0 N–H and O–H groups in total. The molecule has 0 bridgehead atoms. The summed E-state index contributed by atoms with van der Waals surface area (Å²) in [7, 11) is -2.77. The van der Waals surface area contributed by atoms with Crippen molar-refractivity contribution in [3.8, 4) is 0 Å². The maximum absolute atomic E-state index is 12.8. The van der Waals surface area contributed by atoms with Gasteiger partial charge in [-0.3, -0.25) is 10.1 Å². The van der Waals surface area contributed by atoms with Crippen LogP contribution >= 0.6 is 0 Å². The minimum Gasteiger partial charge on any atom is -0.342 e. The lowest BCUT2D eigenvalue weighted by Gasteiger charge is -2.25. The first-order chi connectivity index (χ1) is 9.93. The molecular formula is C12H16N2O6S. The summed E-state index contributed by atoms with van der Waals surface area (Å²) in [5, 5.41) is 11.0. The number of nitro groups is 1. The molecule has 9 heteroatoms. The highest BCUT2D eigenvalue weighted by atomic mass is 32.2. The number of nitro benzene ring substituents is 1. The molecule has 1 saturated heterocycles. The Hall–Kier alpha value is -1.55. The topological polar surface area (TPSA) is 99.0 Å². The van der Waals surface area contributed by atoms with Crippen molar-refractivity contribution in [1.82, 2.24) is 4.31 Å². The highest BCUT2D eigenvalue weighted by Crippen LogP contribution is 2.32. The van der Waals surface area contributed by atoms with Crippen molar-refractivity contribution in [2.45, 2.75) is 30.7 Å². The van der Waals surface area contributed by atoms with Crippen molar-refractivity contribution in [3.05, 3.63) is 34.4 Å². The van der Waals surface area contributed by atoms with E-state index < -0.39 is 33.1 Å². The molecule has 0 unspecified atom stereocenters. The zero-order valence-electron chi connectivity index (χ0n) is 11.6. The molecule has 0 saturated carbocycles. The Labute approximate surface area is 122 Å². The van der Waals surface area contributed by atoms with Crippen LogP contribution in [0.4, 0.5) is 5.69 Å². The van der Waals surface area contributed by atoms with Crippen molar-refractivity contribution >= 4 is 15.7 Å². The van der Waals surface area contributed by atoms with Crippen molar-refractivity contribution in [2.75, 3.05) is 13.7 Å². The molecule has 0 amide bonds. The minimum absolute atomic E-state index is 0.189. The molecule has 8 nitrogen and oxygen atoms in total. The maximum atomic E-state index is 12.8. The van der Waals surface area contributed by atoms with E-state index in [1.54, 1.807) is 0 Å². The van der Waals surface area contributed by atoms with Crippen molar-refractivity contribution in [2.24, 2.45) is 0 Å². The first-order valence-corrected chi connectivity index (χ1v) is 7.78. The lowest BCUT2D eigenvalue weighted by molar-refractivity contribution is -0.387. The second-order valence-electron chi connectivity index (χ2n) is 4.50. The molecule has 0 aliphatic carbocycles. The third-order valence-corrected chi connectivity index (χ3v) is 5.22. The summed E-state index contributed by atoms with van der Waals surface area (Å²) >= 11 is 0. The Balaban J connectivity index is 2.53. The average Bonchev–Trinajstić information content (AvgIpc) is 2.91. The average molecular weight is 316 g/mol. The van der Waals surface area contributed by atoms with Crippen LogP contribution in [0, 0.1) is 10.1 Å². The van der Waals surface area contributed by atoms with Gasteiger partial charge in [0.2, 0.25) is 6.41 Å². The molecule has 1 aliphatic heterocycles. The van der Waals surface area contributed by atoms with Gasteiger partial charge in [0.25, 0.3) is 15.7 Å². The SMILES string of the molecule is CC[C@@H]1CO[C@H](OC)N1S(=O)(=O)c1ccccc1[N+](=O)[O-]. The molecule has 2 atom stereocenters. The highest BCUT2D eigenvalue weighted by molar-refractivity contribution is 7.89. The number of rotatable bonds is 5. The fourth-order valence-electron chi connectivity index (χ4n) is 2.23. The van der Waals surface area contributed by atoms with Crippen LogP contribution in [0.15, 0.2) is 29.2 Å². The Bertz CT molecular complexity index is 620. The van der Waals surface area contributed by atoms with E-state index in [1.807, 2.05) is 6.92 Å². The van der Waals surface area contributed by atoms with Gasteiger partial charge in [-0.15, -0.1) is 4.31 Å². The summed E-state index contributed by atoms with van der Waals surface area (Å²) in [5.41, 5.74) is -0.464. The molecule has 116 valence electrons. The van der Waals surface area contributed by atoms with E-state index in [2.05, 4.69) is 0 Å². The van der Waals surface area contributed by atoms with E-state index in [0.717, 1.165) is 10.4 Å². The summed E-state index contributed by atoms with van der Waals surface area (Å²) in [6, 6.07) is 4.82. The van der Waals surface area contributed by atoms with Crippen LogP contribution < -0.4 is 0 Å². The quantitative estimate of drug-likeness (QED) is 0.600. The van der Waals surface area contributed by atoms with E-state index in [0.29, 0.717) is 6.42 Å². The summed E-state index contributed by atoms with van der Waals surface area (Å²) in [4.78, 5) is 9.97. The Morgan fingerprint density at radius 2 is 2.14 bits per heavy atom. The second-order valence-corrected chi connectivity index (χ2v) is 6.31. The monoisotopic (exact) mass is 316 g/mol. The van der Waals surface area contributed by atoms with E-state index in [1.165, 1.54) is 25.3 Å². The fraction of sp³-hybridized carbons (Fsp3) is 0.500. The Kier molecular flexibility index (Phi) is 4.57. The number of nitrogens with zero attached hydrogens (tertiary/aromatic N) is 2. The summed E-state index contributed by atoms with van der Waals surface area (Å²) in [5.74, 6) is 0.